The van der Waals surface area contributed by atoms with Crippen LogP contribution in [0.4, 0.5) is 13.2 Å². The Hall–Kier alpha value is -1.99. The summed E-state index contributed by atoms with van der Waals surface area (Å²) in [6.07, 6.45) is -0.146. The van der Waals surface area contributed by atoms with Gasteiger partial charge in [-0.3, -0.25) is 15.3 Å². The van der Waals surface area contributed by atoms with E-state index in [4.69, 9.17) is 0 Å². The second-order valence-corrected chi connectivity index (χ2v) is 8.07. The summed E-state index contributed by atoms with van der Waals surface area (Å²) in [4.78, 5) is 4.74. The highest BCUT2D eigenvalue weighted by molar-refractivity contribution is 5.68. The molecule has 0 aliphatic carbocycles. The van der Waals surface area contributed by atoms with Gasteiger partial charge in [0.1, 0.15) is 0 Å². The summed E-state index contributed by atoms with van der Waals surface area (Å²) in [7, 11) is 2.13. The van der Waals surface area contributed by atoms with Crippen molar-refractivity contribution in [3.63, 3.8) is 0 Å². The fourth-order valence-corrected chi connectivity index (χ4v) is 3.47. The first-order valence-electron chi connectivity index (χ1n) is 9.75. The van der Waals surface area contributed by atoms with Crippen molar-refractivity contribution in [2.24, 2.45) is 5.92 Å². The first-order valence-corrected chi connectivity index (χ1v) is 9.75. The van der Waals surface area contributed by atoms with Crippen LogP contribution in [-0.4, -0.2) is 61.1 Å². The summed E-state index contributed by atoms with van der Waals surface area (Å²) >= 11 is 0. The topological polar surface area (TPSA) is 21.8 Å². The molecule has 1 aromatic carbocycles. The smallest absolute Gasteiger partial charge is 0.304 e. The minimum absolute atomic E-state index is 0.459. The van der Waals surface area contributed by atoms with Crippen molar-refractivity contribution >= 4 is 5.70 Å². The lowest BCUT2D eigenvalue weighted by Gasteiger charge is -2.35. The van der Waals surface area contributed by atoms with Crippen molar-refractivity contribution < 1.29 is 13.2 Å². The van der Waals surface area contributed by atoms with Crippen molar-refractivity contribution in [1.82, 2.24) is 20.2 Å². The van der Waals surface area contributed by atoms with Crippen LogP contribution in [0, 0.1) is 5.92 Å². The Morgan fingerprint density at radius 3 is 2.25 bits per heavy atom. The molecule has 2 heterocycles. The molecule has 2 aliphatic rings. The van der Waals surface area contributed by atoms with Crippen molar-refractivity contribution in [2.75, 3.05) is 46.3 Å². The fraction of sp³-hybridized carbons (Fsp3) is 0.524. The molecule has 154 valence electrons. The number of hydrogen-bond acceptors (Lipinski definition) is 4. The molecule has 0 amide bonds. The number of nitrogens with zero attached hydrogens (tertiary/aromatic N) is 3. The monoisotopic (exact) mass is 394 g/mol. The van der Waals surface area contributed by atoms with E-state index in [1.807, 2.05) is 5.01 Å². The maximum atomic E-state index is 12.9. The lowest BCUT2D eigenvalue weighted by molar-refractivity contribution is -0.137. The molecule has 1 saturated heterocycles. The molecule has 28 heavy (non-hydrogen) atoms. The summed E-state index contributed by atoms with van der Waals surface area (Å²) in [5.74, 6) is 0.459. The van der Waals surface area contributed by atoms with Crippen molar-refractivity contribution in [1.29, 1.82) is 0 Å². The molecule has 0 bridgehead atoms. The second kappa shape index (κ2) is 8.57. The van der Waals surface area contributed by atoms with Crippen molar-refractivity contribution in [3.8, 4) is 0 Å². The van der Waals surface area contributed by atoms with Crippen LogP contribution in [0.3, 0.4) is 0 Å². The van der Waals surface area contributed by atoms with E-state index in [-0.39, 0.29) is 0 Å². The van der Waals surface area contributed by atoms with E-state index in [1.165, 1.54) is 17.7 Å². The first kappa shape index (κ1) is 20.7. The fourth-order valence-electron chi connectivity index (χ4n) is 3.47. The van der Waals surface area contributed by atoms with Gasteiger partial charge < -0.3 is 4.90 Å². The number of alkyl halides is 3. The third kappa shape index (κ3) is 5.52. The summed E-state index contributed by atoms with van der Waals surface area (Å²) in [5.41, 5.74) is 5.47. The van der Waals surface area contributed by atoms with Gasteiger partial charge in [-0.25, -0.2) is 0 Å². The highest BCUT2D eigenvalue weighted by atomic mass is 19.4. The van der Waals surface area contributed by atoms with E-state index >= 15 is 0 Å². The van der Waals surface area contributed by atoms with Crippen LogP contribution in [0.25, 0.3) is 5.70 Å². The number of likely N-dealkylation sites (N-methyl/N-ethyl adjacent to an activating group) is 1. The maximum Gasteiger partial charge on any atom is 0.416 e. The third-order valence-corrected chi connectivity index (χ3v) is 5.00. The molecule has 2 aliphatic heterocycles. The normalized spacial score (nSPS) is 19.5. The van der Waals surface area contributed by atoms with Gasteiger partial charge in [-0.1, -0.05) is 26.0 Å². The Balaban J connectivity index is 1.79. The van der Waals surface area contributed by atoms with Gasteiger partial charge >= 0.3 is 6.18 Å². The number of benzene rings is 1. The predicted molar refractivity (Wildman–Crippen MR) is 106 cm³/mol. The molecule has 0 radical (unpaired) electrons. The standard InChI is InChI=1S/C21H29F3N4/c1-16(2)13-28-15-17(14-27-10-8-26(3)9-11-27)12-20(25-28)18-4-6-19(7-5-18)21(22,23)24/h4-7,12,15-16,25H,8-11,13-14H2,1-3H3. The molecule has 1 N–H and O–H groups in total. The molecule has 0 aromatic heterocycles. The SMILES string of the molecule is CC(C)CN1C=C(CN2CCN(C)CC2)C=C(c2ccc(C(F)(F)F)cc2)N1. The van der Waals surface area contributed by atoms with Gasteiger partial charge in [-0.05, 0) is 42.3 Å². The van der Waals surface area contributed by atoms with Crippen LogP contribution >= 0.6 is 0 Å². The quantitative estimate of drug-likeness (QED) is 0.823. The van der Waals surface area contributed by atoms with Gasteiger partial charge in [0.15, 0.2) is 0 Å². The highest BCUT2D eigenvalue weighted by Crippen LogP contribution is 2.30. The van der Waals surface area contributed by atoms with E-state index in [2.05, 4.69) is 48.4 Å². The van der Waals surface area contributed by atoms with Gasteiger partial charge in [-0.15, -0.1) is 0 Å². The highest BCUT2D eigenvalue weighted by Gasteiger charge is 2.30. The molecule has 1 fully saturated rings. The van der Waals surface area contributed by atoms with Crippen LogP contribution < -0.4 is 5.43 Å². The van der Waals surface area contributed by atoms with Crippen LogP contribution in [0.5, 0.6) is 0 Å². The van der Waals surface area contributed by atoms with Crippen LogP contribution in [0.15, 0.2) is 42.1 Å². The number of rotatable bonds is 5. The van der Waals surface area contributed by atoms with E-state index in [1.54, 1.807) is 0 Å². The zero-order chi connectivity index (χ0) is 20.3. The maximum absolute atomic E-state index is 12.9. The molecule has 1 aromatic rings. The Morgan fingerprint density at radius 1 is 1.04 bits per heavy atom. The van der Waals surface area contributed by atoms with E-state index in [0.717, 1.165) is 62.7 Å². The summed E-state index contributed by atoms with van der Waals surface area (Å²) in [5, 5.41) is 2.04. The third-order valence-electron chi connectivity index (χ3n) is 5.00. The lowest BCUT2D eigenvalue weighted by atomic mass is 10.0. The van der Waals surface area contributed by atoms with Crippen molar-refractivity contribution in [3.05, 3.63) is 53.2 Å². The molecule has 0 saturated carbocycles. The van der Waals surface area contributed by atoms with E-state index < -0.39 is 11.7 Å². The number of nitrogens with one attached hydrogen (secondary N) is 1. The second-order valence-electron chi connectivity index (χ2n) is 8.07. The molecule has 3 rings (SSSR count). The molecular formula is C21H29F3N4. The minimum atomic E-state index is -4.32. The number of hydrogen-bond donors (Lipinski definition) is 1. The molecular weight excluding hydrogens is 365 g/mol. The first-order chi connectivity index (χ1) is 13.2. The lowest BCUT2D eigenvalue weighted by Crippen LogP contribution is -2.45. The van der Waals surface area contributed by atoms with Crippen LogP contribution in [-0.2, 0) is 6.18 Å². The number of piperazine rings is 1. The van der Waals surface area contributed by atoms with Crippen LogP contribution in [0.1, 0.15) is 25.0 Å². The number of hydrazine groups is 1. The van der Waals surface area contributed by atoms with E-state index in [9.17, 15) is 13.2 Å². The molecule has 7 heteroatoms. The van der Waals surface area contributed by atoms with Crippen molar-refractivity contribution in [2.45, 2.75) is 20.0 Å². The Kier molecular flexibility index (Phi) is 6.35. The average Bonchev–Trinajstić information content (AvgIpc) is 2.62. The Labute approximate surface area is 165 Å². The van der Waals surface area contributed by atoms with Gasteiger partial charge in [0.05, 0.1) is 11.3 Å². The Bertz CT molecular complexity index is 714. The summed E-state index contributed by atoms with van der Waals surface area (Å²) < 4.78 is 38.6. The molecule has 0 spiro atoms. The largest absolute Gasteiger partial charge is 0.416 e. The zero-order valence-electron chi connectivity index (χ0n) is 16.8. The molecule has 4 nitrogen and oxygen atoms in total. The van der Waals surface area contributed by atoms with Gasteiger partial charge in [-0.2, -0.15) is 13.2 Å². The zero-order valence-corrected chi connectivity index (χ0v) is 16.8. The van der Waals surface area contributed by atoms with Gasteiger partial charge in [0.2, 0.25) is 0 Å². The summed E-state index contributed by atoms with van der Waals surface area (Å²) in [6, 6.07) is 5.36. The molecule has 0 unspecified atom stereocenters. The van der Waals surface area contributed by atoms with E-state index in [0.29, 0.717) is 5.92 Å². The Morgan fingerprint density at radius 2 is 1.68 bits per heavy atom. The molecule has 0 atom stereocenters. The minimum Gasteiger partial charge on any atom is -0.304 e. The average molecular weight is 394 g/mol. The van der Waals surface area contributed by atoms with Gasteiger partial charge in [0.25, 0.3) is 0 Å². The number of halogens is 3. The van der Waals surface area contributed by atoms with Gasteiger partial charge in [0, 0.05) is 45.5 Å². The van der Waals surface area contributed by atoms with Crippen LogP contribution in [0.2, 0.25) is 0 Å². The summed E-state index contributed by atoms with van der Waals surface area (Å²) in [6.45, 7) is 10.1. The predicted octanol–water partition coefficient (Wildman–Crippen LogP) is 3.65.